The molecule has 3 aromatic heterocycles. The number of ether oxygens (including phenoxy) is 2. The number of hydrogen-bond acceptors (Lipinski definition) is 4. The SMILES string of the molecule is CC1(C)c2ccccc2Oc2c(-c3ccc(-n4c5ccc(-c6ccccc6)cc5c5cc(-c6ccccc6)ccc54)c4c3oc3ccccc34)cccc21.CC1(C)c2ccccc2Oc2c(-c3ccc(Br)c4c3oc3ccccc34)cccc21.c1ccc(-c2ccc3c(c2)-c2cc(-c4ccccc4)ccc2C3)cc1. The third kappa shape index (κ3) is 11.0. The molecular formula is C103H72BrNO4. The molecule has 0 bridgehead atoms. The van der Waals surface area contributed by atoms with Crippen molar-refractivity contribution in [3.05, 3.63) is 390 Å². The highest BCUT2D eigenvalue weighted by atomic mass is 79.9. The highest BCUT2D eigenvalue weighted by molar-refractivity contribution is 9.10. The van der Waals surface area contributed by atoms with Crippen molar-refractivity contribution >= 4 is 81.6 Å². The molecule has 0 spiro atoms. The molecule has 6 heteroatoms. The summed E-state index contributed by atoms with van der Waals surface area (Å²) < 4.78 is 30.0. The van der Waals surface area contributed by atoms with Crippen molar-refractivity contribution in [2.45, 2.75) is 44.9 Å². The van der Waals surface area contributed by atoms with Crippen LogP contribution in [0.2, 0.25) is 0 Å². The number of hydrogen-bond donors (Lipinski definition) is 0. The Bertz CT molecular complexity index is 6640. The second kappa shape index (κ2) is 26.2. The van der Waals surface area contributed by atoms with Crippen LogP contribution in [-0.2, 0) is 17.3 Å². The van der Waals surface area contributed by atoms with Gasteiger partial charge in [-0.05, 0) is 158 Å². The van der Waals surface area contributed by atoms with Crippen molar-refractivity contribution in [2.75, 3.05) is 0 Å². The lowest BCUT2D eigenvalue weighted by Crippen LogP contribution is -2.24. The fourth-order valence-corrected chi connectivity index (χ4v) is 17.8. The molecule has 2 aliphatic heterocycles. The Morgan fingerprint density at radius 2 is 0.661 bits per heavy atom. The van der Waals surface area contributed by atoms with E-state index in [0.29, 0.717) is 0 Å². The van der Waals surface area contributed by atoms with Crippen molar-refractivity contribution in [1.82, 2.24) is 4.57 Å². The van der Waals surface area contributed by atoms with Gasteiger partial charge in [-0.1, -0.05) is 311 Å². The van der Waals surface area contributed by atoms with E-state index in [1.165, 1.54) is 94.2 Å². The van der Waals surface area contributed by atoms with Gasteiger partial charge in [0.2, 0.25) is 0 Å². The first-order valence-corrected chi connectivity index (χ1v) is 38.2. The third-order valence-electron chi connectivity index (χ3n) is 22.8. The van der Waals surface area contributed by atoms with Crippen LogP contribution in [0.3, 0.4) is 0 Å². The van der Waals surface area contributed by atoms with E-state index in [-0.39, 0.29) is 10.8 Å². The number of nitrogens with zero attached hydrogens (tertiary/aromatic N) is 1. The van der Waals surface area contributed by atoms with Crippen molar-refractivity contribution in [3.8, 4) is 107 Å². The summed E-state index contributed by atoms with van der Waals surface area (Å²) in [5, 5.41) is 6.78. The molecule has 0 unspecified atom stereocenters. The van der Waals surface area contributed by atoms with Gasteiger partial charge in [0, 0.05) is 86.7 Å². The average Bonchev–Trinajstić information content (AvgIpc) is 1.64. The van der Waals surface area contributed by atoms with E-state index in [1.807, 2.05) is 36.4 Å². The van der Waals surface area contributed by atoms with Gasteiger partial charge in [-0.25, -0.2) is 0 Å². The molecule has 520 valence electrons. The van der Waals surface area contributed by atoms with E-state index >= 15 is 0 Å². The Morgan fingerprint density at radius 1 is 0.284 bits per heavy atom. The van der Waals surface area contributed by atoms with E-state index in [0.717, 1.165) is 122 Å². The van der Waals surface area contributed by atoms with Gasteiger partial charge in [0.25, 0.3) is 0 Å². The van der Waals surface area contributed by atoms with Crippen molar-refractivity contribution in [3.63, 3.8) is 0 Å². The first-order chi connectivity index (χ1) is 53.5. The van der Waals surface area contributed by atoms with Crippen molar-refractivity contribution in [2.24, 2.45) is 0 Å². The van der Waals surface area contributed by atoms with Gasteiger partial charge < -0.3 is 22.9 Å². The minimum Gasteiger partial charge on any atom is -0.456 e. The van der Waals surface area contributed by atoms with Crippen LogP contribution >= 0.6 is 15.9 Å². The maximum Gasteiger partial charge on any atom is 0.145 e. The number of benzene rings is 16. The smallest absolute Gasteiger partial charge is 0.145 e. The van der Waals surface area contributed by atoms with Crippen LogP contribution < -0.4 is 9.47 Å². The van der Waals surface area contributed by atoms with Crippen LogP contribution in [0.25, 0.3) is 149 Å². The number of rotatable bonds is 7. The Labute approximate surface area is 641 Å². The second-order valence-electron chi connectivity index (χ2n) is 29.8. The predicted molar refractivity (Wildman–Crippen MR) is 454 cm³/mol. The van der Waals surface area contributed by atoms with E-state index < -0.39 is 0 Å². The van der Waals surface area contributed by atoms with Crippen LogP contribution in [0.5, 0.6) is 23.0 Å². The minimum atomic E-state index is -0.229. The Balaban J connectivity index is 0.000000119. The number of halogens is 1. The van der Waals surface area contributed by atoms with Gasteiger partial charge in [0.1, 0.15) is 45.3 Å². The fourth-order valence-electron chi connectivity index (χ4n) is 17.3. The normalized spacial score (nSPS) is 13.3. The molecule has 0 fully saturated rings. The number of para-hydroxylation sites is 6. The summed E-state index contributed by atoms with van der Waals surface area (Å²) in [5.74, 6) is 3.61. The van der Waals surface area contributed by atoms with E-state index in [9.17, 15) is 0 Å². The van der Waals surface area contributed by atoms with Gasteiger partial charge >= 0.3 is 0 Å². The van der Waals surface area contributed by atoms with E-state index in [1.54, 1.807) is 0 Å². The highest BCUT2D eigenvalue weighted by Gasteiger charge is 2.38. The maximum atomic E-state index is 6.90. The predicted octanol–water partition coefficient (Wildman–Crippen LogP) is 29.2. The molecule has 109 heavy (non-hydrogen) atoms. The minimum absolute atomic E-state index is 0.150. The standard InChI is InChI=1S/C51H35NO2.C27H19BrO2.C25H18/c1-51(2)41-20-10-12-23-47(41)54-49-36(19-13-21-42(49)51)37-26-29-45(48-38-18-9-11-22-46(38)53-50(37)48)52-43-27-24-34(32-14-5-3-6-15-32)30-39(43)40-31-35(25-28-44(40)52)33-16-7-4-8-17-33;1-27(2)19-10-4-6-13-23(19)30-25-16(9-7-11-20(25)27)17-14-15-21(28)24-18-8-3-5-12-22(18)29-26(17)24;1-3-7-18(8-4-1)20-11-13-22-15-23-14-12-21(17-25(23)24(22)16-20)19-9-5-2-6-10-19/h3-31H,1-2H3;3-15H,1-2H3;1-14,16-17H,15H2. The molecule has 5 heterocycles. The molecule has 22 rings (SSSR count). The zero-order valence-corrected chi connectivity index (χ0v) is 62.2. The summed E-state index contributed by atoms with van der Waals surface area (Å²) in [6.45, 7) is 9.09. The quantitative estimate of drug-likeness (QED) is 0.160. The maximum absolute atomic E-state index is 6.90. The van der Waals surface area contributed by atoms with Gasteiger partial charge in [0.05, 0.1) is 22.1 Å². The fraction of sp³-hybridized carbons (Fsp3) is 0.0680. The molecule has 19 aromatic rings. The summed E-state index contributed by atoms with van der Waals surface area (Å²) >= 11 is 3.73. The molecule has 0 saturated heterocycles. The first-order valence-electron chi connectivity index (χ1n) is 37.4. The molecule has 0 saturated carbocycles. The molecule has 5 nitrogen and oxygen atoms in total. The van der Waals surface area contributed by atoms with Crippen LogP contribution in [0.4, 0.5) is 0 Å². The van der Waals surface area contributed by atoms with Crippen LogP contribution in [0.15, 0.2) is 365 Å². The zero-order chi connectivity index (χ0) is 73.1. The lowest BCUT2D eigenvalue weighted by Gasteiger charge is -2.35. The Kier molecular flexibility index (Phi) is 15.7. The molecule has 0 atom stereocenters. The number of aromatic nitrogens is 1. The van der Waals surface area contributed by atoms with Crippen molar-refractivity contribution in [1.29, 1.82) is 0 Å². The lowest BCUT2D eigenvalue weighted by molar-refractivity contribution is 0.419. The molecular weight excluding hydrogens is 1400 g/mol. The molecule has 0 radical (unpaired) electrons. The van der Waals surface area contributed by atoms with Gasteiger partial charge in [0.15, 0.2) is 0 Å². The molecule has 16 aromatic carbocycles. The van der Waals surface area contributed by atoms with E-state index in [4.69, 9.17) is 18.3 Å². The summed E-state index contributed by atoms with van der Waals surface area (Å²) in [6.07, 6.45) is 1.04. The number of fused-ring (bicyclic) bond motifs is 16. The first kappa shape index (κ1) is 65.5. The van der Waals surface area contributed by atoms with Gasteiger partial charge in [-0.2, -0.15) is 0 Å². The average molecular weight is 1470 g/mol. The van der Waals surface area contributed by atoms with Crippen LogP contribution in [-0.4, -0.2) is 4.57 Å². The molecule has 1 aliphatic carbocycles. The summed E-state index contributed by atoms with van der Waals surface area (Å²) in [6, 6.07) is 125. The van der Waals surface area contributed by atoms with Gasteiger partial charge in [-0.3, -0.25) is 0 Å². The van der Waals surface area contributed by atoms with E-state index in [2.05, 4.69) is 364 Å². The summed E-state index contributed by atoms with van der Waals surface area (Å²) in [7, 11) is 0. The zero-order valence-electron chi connectivity index (χ0n) is 60.7. The van der Waals surface area contributed by atoms with Crippen LogP contribution in [0, 0.1) is 0 Å². The van der Waals surface area contributed by atoms with Crippen molar-refractivity contribution < 1.29 is 18.3 Å². The number of furan rings is 2. The monoisotopic (exact) mass is 1470 g/mol. The molecule has 0 N–H and O–H groups in total. The largest absolute Gasteiger partial charge is 0.456 e. The molecule has 3 aliphatic rings. The van der Waals surface area contributed by atoms with Crippen LogP contribution in [0.1, 0.15) is 61.1 Å². The summed E-state index contributed by atoms with van der Waals surface area (Å²) in [4.78, 5) is 0. The Hall–Kier alpha value is -13.0. The topological polar surface area (TPSA) is 49.7 Å². The second-order valence-corrected chi connectivity index (χ2v) is 30.7. The highest BCUT2D eigenvalue weighted by Crippen LogP contribution is 2.56. The Morgan fingerprint density at radius 3 is 1.13 bits per heavy atom. The molecule has 0 amide bonds. The third-order valence-corrected chi connectivity index (χ3v) is 23.5. The van der Waals surface area contributed by atoms with Gasteiger partial charge in [-0.15, -0.1) is 0 Å². The summed E-state index contributed by atoms with van der Waals surface area (Å²) in [5.41, 5.74) is 30.9. The lowest BCUT2D eigenvalue weighted by atomic mass is 9.75.